The van der Waals surface area contributed by atoms with E-state index in [-0.39, 0.29) is 6.03 Å². The van der Waals surface area contributed by atoms with Crippen LogP contribution in [0.4, 0.5) is 33.4 Å². The first-order chi connectivity index (χ1) is 14.6. The minimum absolute atomic E-state index is 0.334. The van der Waals surface area contributed by atoms with E-state index in [0.29, 0.717) is 22.2 Å². The molecule has 0 aliphatic carbocycles. The van der Waals surface area contributed by atoms with Gasteiger partial charge in [0.05, 0.1) is 11.9 Å². The minimum atomic E-state index is -0.334. The van der Waals surface area contributed by atoms with Gasteiger partial charge in [-0.15, -0.1) is 5.10 Å². The lowest BCUT2D eigenvalue weighted by molar-refractivity contribution is 0.262. The highest BCUT2D eigenvalue weighted by atomic mass is 35.5. The SMILES string of the molecule is Cc1ccc(NC(=O)Nc2ccc(Nc3cc(N4CCCC4)cnn3)cc2)cc1Cl. The van der Waals surface area contributed by atoms with Crippen LogP contribution in [0.25, 0.3) is 0 Å². The summed E-state index contributed by atoms with van der Waals surface area (Å²) in [7, 11) is 0. The van der Waals surface area contributed by atoms with Crippen molar-refractivity contribution < 1.29 is 4.79 Å². The molecule has 30 heavy (non-hydrogen) atoms. The van der Waals surface area contributed by atoms with Gasteiger partial charge in [-0.1, -0.05) is 17.7 Å². The average Bonchev–Trinajstić information content (AvgIpc) is 3.27. The number of hydrogen-bond donors (Lipinski definition) is 3. The Labute approximate surface area is 180 Å². The van der Waals surface area contributed by atoms with E-state index >= 15 is 0 Å². The highest BCUT2D eigenvalue weighted by molar-refractivity contribution is 6.31. The second kappa shape index (κ2) is 9.00. The summed E-state index contributed by atoms with van der Waals surface area (Å²) in [6, 6.07) is 14.5. The summed E-state index contributed by atoms with van der Waals surface area (Å²) in [6.07, 6.45) is 4.22. The number of halogens is 1. The fourth-order valence-corrected chi connectivity index (χ4v) is 3.50. The number of carbonyl (C=O) groups excluding carboxylic acids is 1. The van der Waals surface area contributed by atoms with Crippen molar-refractivity contribution in [2.45, 2.75) is 19.8 Å². The molecule has 8 heteroatoms. The third-order valence-corrected chi connectivity index (χ3v) is 5.36. The van der Waals surface area contributed by atoms with Gasteiger partial charge in [0.25, 0.3) is 0 Å². The van der Waals surface area contributed by atoms with E-state index in [4.69, 9.17) is 11.6 Å². The Morgan fingerprint density at radius 3 is 2.37 bits per heavy atom. The largest absolute Gasteiger partial charge is 0.370 e. The van der Waals surface area contributed by atoms with Crippen LogP contribution in [0.15, 0.2) is 54.7 Å². The summed E-state index contributed by atoms with van der Waals surface area (Å²) in [4.78, 5) is 14.5. The fourth-order valence-electron chi connectivity index (χ4n) is 3.31. The summed E-state index contributed by atoms with van der Waals surface area (Å²) < 4.78 is 0. The van der Waals surface area contributed by atoms with Crippen molar-refractivity contribution in [2.24, 2.45) is 0 Å². The highest BCUT2D eigenvalue weighted by Crippen LogP contribution is 2.24. The molecule has 7 nitrogen and oxygen atoms in total. The smallest absolute Gasteiger partial charge is 0.323 e. The van der Waals surface area contributed by atoms with Gasteiger partial charge < -0.3 is 20.9 Å². The molecule has 3 N–H and O–H groups in total. The van der Waals surface area contributed by atoms with E-state index in [9.17, 15) is 4.79 Å². The molecule has 1 aliphatic heterocycles. The zero-order valence-corrected chi connectivity index (χ0v) is 17.4. The van der Waals surface area contributed by atoms with Gasteiger partial charge >= 0.3 is 6.03 Å². The third-order valence-electron chi connectivity index (χ3n) is 4.96. The molecule has 1 aliphatic rings. The van der Waals surface area contributed by atoms with Gasteiger partial charge in [0.15, 0.2) is 5.82 Å². The standard InChI is InChI=1S/C22H23ClN6O/c1-15-4-5-18(12-20(15)23)27-22(30)26-17-8-6-16(7-9-17)25-21-13-19(14-24-28-21)29-10-2-3-11-29/h4-9,12-14H,2-3,10-11H2,1H3,(H,25,28)(H2,26,27,30). The quantitative estimate of drug-likeness (QED) is 0.511. The molecule has 1 aromatic heterocycles. The van der Waals surface area contributed by atoms with Crippen molar-refractivity contribution in [2.75, 3.05) is 33.9 Å². The number of amides is 2. The maximum absolute atomic E-state index is 12.2. The first-order valence-corrected chi connectivity index (χ1v) is 10.2. The molecular formula is C22H23ClN6O. The van der Waals surface area contributed by atoms with Crippen molar-refractivity contribution in [1.82, 2.24) is 10.2 Å². The summed E-state index contributed by atoms with van der Waals surface area (Å²) in [6.45, 7) is 4.03. The molecule has 2 aromatic carbocycles. The van der Waals surface area contributed by atoms with Crippen LogP contribution < -0.4 is 20.9 Å². The van der Waals surface area contributed by atoms with E-state index in [1.165, 1.54) is 12.8 Å². The van der Waals surface area contributed by atoms with Crippen LogP contribution in [0.2, 0.25) is 5.02 Å². The van der Waals surface area contributed by atoms with E-state index in [0.717, 1.165) is 30.0 Å². The Morgan fingerprint density at radius 1 is 0.967 bits per heavy atom. The molecule has 154 valence electrons. The number of anilines is 5. The van der Waals surface area contributed by atoms with E-state index in [2.05, 4.69) is 31.0 Å². The Morgan fingerprint density at radius 2 is 1.63 bits per heavy atom. The molecule has 0 atom stereocenters. The molecule has 0 radical (unpaired) electrons. The zero-order valence-electron chi connectivity index (χ0n) is 16.7. The van der Waals surface area contributed by atoms with Crippen LogP contribution in [-0.4, -0.2) is 29.3 Å². The third kappa shape index (κ3) is 4.99. The van der Waals surface area contributed by atoms with Crippen molar-refractivity contribution in [3.63, 3.8) is 0 Å². The van der Waals surface area contributed by atoms with Crippen LogP contribution >= 0.6 is 11.6 Å². The lowest BCUT2D eigenvalue weighted by Gasteiger charge is -2.17. The maximum atomic E-state index is 12.2. The number of nitrogens with zero attached hydrogens (tertiary/aromatic N) is 3. The van der Waals surface area contributed by atoms with E-state index < -0.39 is 0 Å². The molecule has 1 saturated heterocycles. The van der Waals surface area contributed by atoms with Crippen LogP contribution in [0.3, 0.4) is 0 Å². The lowest BCUT2D eigenvalue weighted by atomic mass is 10.2. The highest BCUT2D eigenvalue weighted by Gasteiger charge is 2.13. The number of hydrogen-bond acceptors (Lipinski definition) is 5. The van der Waals surface area contributed by atoms with Gasteiger partial charge in [0.2, 0.25) is 0 Å². The molecule has 2 heterocycles. The monoisotopic (exact) mass is 422 g/mol. The van der Waals surface area contributed by atoms with Gasteiger partial charge in [0, 0.05) is 41.2 Å². The summed E-state index contributed by atoms with van der Waals surface area (Å²) in [5.74, 6) is 0.689. The second-order valence-corrected chi connectivity index (χ2v) is 7.65. The van der Waals surface area contributed by atoms with Crippen LogP contribution in [0.1, 0.15) is 18.4 Å². The molecule has 0 spiro atoms. The molecule has 4 rings (SSSR count). The minimum Gasteiger partial charge on any atom is -0.370 e. The number of aromatic nitrogens is 2. The fraction of sp³-hybridized carbons (Fsp3) is 0.227. The molecule has 0 unspecified atom stereocenters. The van der Waals surface area contributed by atoms with Gasteiger partial charge in [-0.3, -0.25) is 0 Å². The molecule has 1 fully saturated rings. The number of benzene rings is 2. The summed E-state index contributed by atoms with van der Waals surface area (Å²) >= 11 is 6.10. The first kappa shape index (κ1) is 20.0. The molecule has 2 amide bonds. The molecule has 3 aromatic rings. The Kier molecular flexibility index (Phi) is 5.99. The van der Waals surface area contributed by atoms with Crippen LogP contribution in [-0.2, 0) is 0 Å². The Balaban J connectivity index is 1.35. The summed E-state index contributed by atoms with van der Waals surface area (Å²) in [5, 5.41) is 17.7. The van der Waals surface area contributed by atoms with Crippen molar-refractivity contribution >= 4 is 46.2 Å². The van der Waals surface area contributed by atoms with Crippen molar-refractivity contribution in [3.8, 4) is 0 Å². The second-order valence-electron chi connectivity index (χ2n) is 7.24. The Bertz CT molecular complexity index is 1030. The number of rotatable bonds is 5. The van der Waals surface area contributed by atoms with E-state index in [1.807, 2.05) is 49.4 Å². The first-order valence-electron chi connectivity index (χ1n) is 9.86. The molecule has 0 bridgehead atoms. The number of nitrogens with one attached hydrogen (secondary N) is 3. The number of carbonyl (C=O) groups is 1. The topological polar surface area (TPSA) is 82.2 Å². The van der Waals surface area contributed by atoms with Crippen molar-refractivity contribution in [1.29, 1.82) is 0 Å². The summed E-state index contributed by atoms with van der Waals surface area (Å²) in [5.41, 5.74) is 4.21. The van der Waals surface area contributed by atoms with Gasteiger partial charge in [-0.2, -0.15) is 5.10 Å². The zero-order chi connectivity index (χ0) is 20.9. The van der Waals surface area contributed by atoms with Crippen molar-refractivity contribution in [3.05, 3.63) is 65.3 Å². The predicted octanol–water partition coefficient (Wildman–Crippen LogP) is 5.43. The predicted molar refractivity (Wildman–Crippen MR) is 122 cm³/mol. The molecular weight excluding hydrogens is 400 g/mol. The maximum Gasteiger partial charge on any atom is 0.323 e. The van der Waals surface area contributed by atoms with Gasteiger partial charge in [-0.05, 0) is 61.7 Å². The van der Waals surface area contributed by atoms with Crippen LogP contribution in [0, 0.1) is 6.92 Å². The van der Waals surface area contributed by atoms with Crippen LogP contribution in [0.5, 0.6) is 0 Å². The average molecular weight is 423 g/mol. The normalized spacial score (nSPS) is 13.2. The number of aryl methyl sites for hydroxylation is 1. The van der Waals surface area contributed by atoms with Gasteiger partial charge in [-0.25, -0.2) is 4.79 Å². The van der Waals surface area contributed by atoms with E-state index in [1.54, 1.807) is 12.3 Å². The molecule has 0 saturated carbocycles. The number of urea groups is 1. The Hall–Kier alpha value is -3.32. The lowest BCUT2D eigenvalue weighted by Crippen LogP contribution is -2.19. The van der Waals surface area contributed by atoms with Gasteiger partial charge in [0.1, 0.15) is 0 Å².